The molecule has 0 aliphatic carbocycles. The van der Waals surface area contributed by atoms with Crippen LogP contribution in [0.2, 0.25) is 0 Å². The smallest absolute Gasteiger partial charge is 0.126 e. The van der Waals surface area contributed by atoms with E-state index in [0.29, 0.717) is 6.42 Å². The Morgan fingerprint density at radius 1 is 1.12 bits per heavy atom. The van der Waals surface area contributed by atoms with Crippen LogP contribution in [-0.4, -0.2) is 18.3 Å². The van der Waals surface area contributed by atoms with Crippen LogP contribution in [0, 0.1) is 0 Å². The number of ether oxygens (including phenoxy) is 1. The molecule has 2 rings (SSSR count). The van der Waals surface area contributed by atoms with Crippen molar-refractivity contribution in [3.63, 3.8) is 0 Å². The summed E-state index contributed by atoms with van der Waals surface area (Å²) in [4.78, 5) is 0. The van der Waals surface area contributed by atoms with Crippen molar-refractivity contribution in [1.82, 2.24) is 0 Å². The lowest BCUT2D eigenvalue weighted by Crippen LogP contribution is -2.04. The number of benzene rings is 2. The van der Waals surface area contributed by atoms with Gasteiger partial charge in [-0.3, -0.25) is 0 Å². The molecule has 0 bridgehead atoms. The maximum Gasteiger partial charge on any atom is 0.126 e. The van der Waals surface area contributed by atoms with E-state index < -0.39 is 0 Å². The zero-order valence-electron chi connectivity index (χ0n) is 9.60. The third-order valence-corrected chi connectivity index (χ3v) is 2.71. The van der Waals surface area contributed by atoms with Crippen LogP contribution in [0.15, 0.2) is 36.4 Å². The molecule has 16 heavy (non-hydrogen) atoms. The summed E-state index contributed by atoms with van der Waals surface area (Å²) < 4.78 is 5.32. The fraction of sp³-hybridized carbons (Fsp3) is 0.286. The maximum atomic E-state index is 9.46. The Bertz CT molecular complexity index is 489. The van der Waals surface area contributed by atoms with Crippen LogP contribution < -0.4 is 4.74 Å². The van der Waals surface area contributed by atoms with Crippen LogP contribution in [0.5, 0.6) is 5.75 Å². The number of hydrogen-bond donors (Lipinski definition) is 1. The van der Waals surface area contributed by atoms with E-state index in [2.05, 4.69) is 6.07 Å². The molecule has 1 atom stereocenters. The summed E-state index contributed by atoms with van der Waals surface area (Å²) in [6.45, 7) is 1.80. The van der Waals surface area contributed by atoms with Gasteiger partial charge in [-0.25, -0.2) is 0 Å². The zero-order valence-corrected chi connectivity index (χ0v) is 9.60. The standard InChI is InChI=1S/C14H16O2/c1-10(15)9-11-7-8-14(16-2)13-6-4-3-5-12(11)13/h3-8,10,15H,9H2,1-2H3/t10-/m0/s1. The molecule has 0 aromatic heterocycles. The molecule has 0 saturated carbocycles. The number of methoxy groups -OCH3 is 1. The molecule has 0 fully saturated rings. The topological polar surface area (TPSA) is 29.5 Å². The van der Waals surface area contributed by atoms with Gasteiger partial charge in [-0.05, 0) is 30.4 Å². The summed E-state index contributed by atoms with van der Waals surface area (Å²) >= 11 is 0. The van der Waals surface area contributed by atoms with Gasteiger partial charge in [0.25, 0.3) is 0 Å². The molecule has 2 heteroatoms. The minimum absolute atomic E-state index is 0.322. The summed E-state index contributed by atoms with van der Waals surface area (Å²) in [5.74, 6) is 0.880. The Morgan fingerprint density at radius 2 is 1.81 bits per heavy atom. The molecule has 2 nitrogen and oxygen atoms in total. The lowest BCUT2D eigenvalue weighted by molar-refractivity contribution is 0.196. The second-order valence-corrected chi connectivity index (χ2v) is 4.03. The van der Waals surface area contributed by atoms with Crippen LogP contribution in [0.3, 0.4) is 0 Å². The molecule has 84 valence electrons. The summed E-state index contributed by atoms with van der Waals surface area (Å²) in [6, 6.07) is 12.1. The lowest BCUT2D eigenvalue weighted by atomic mass is 9.99. The molecule has 0 amide bonds. The Balaban J connectivity index is 2.60. The van der Waals surface area contributed by atoms with Gasteiger partial charge in [-0.1, -0.05) is 30.3 Å². The number of aliphatic hydroxyl groups is 1. The number of aliphatic hydroxyl groups excluding tert-OH is 1. The van der Waals surface area contributed by atoms with E-state index in [1.54, 1.807) is 14.0 Å². The molecule has 0 radical (unpaired) electrons. The first-order chi connectivity index (χ1) is 7.72. The highest BCUT2D eigenvalue weighted by molar-refractivity contribution is 5.91. The van der Waals surface area contributed by atoms with Gasteiger partial charge in [0.2, 0.25) is 0 Å². The molecule has 2 aromatic rings. The number of fused-ring (bicyclic) bond motifs is 1. The third-order valence-electron chi connectivity index (χ3n) is 2.71. The zero-order chi connectivity index (χ0) is 11.5. The van der Waals surface area contributed by atoms with E-state index >= 15 is 0 Å². The Hall–Kier alpha value is -1.54. The molecule has 0 spiro atoms. The van der Waals surface area contributed by atoms with Crippen molar-refractivity contribution in [2.75, 3.05) is 7.11 Å². The molecule has 0 unspecified atom stereocenters. The quantitative estimate of drug-likeness (QED) is 0.854. The lowest BCUT2D eigenvalue weighted by Gasteiger charge is -2.11. The number of rotatable bonds is 3. The fourth-order valence-electron chi connectivity index (χ4n) is 2.01. The van der Waals surface area contributed by atoms with Crippen molar-refractivity contribution in [2.45, 2.75) is 19.4 Å². The van der Waals surface area contributed by atoms with E-state index in [1.807, 2.05) is 30.3 Å². The van der Waals surface area contributed by atoms with Gasteiger partial charge in [0, 0.05) is 5.39 Å². The van der Waals surface area contributed by atoms with Crippen molar-refractivity contribution in [1.29, 1.82) is 0 Å². The summed E-state index contributed by atoms with van der Waals surface area (Å²) in [5, 5.41) is 11.7. The van der Waals surface area contributed by atoms with Gasteiger partial charge in [0.1, 0.15) is 5.75 Å². The molecular formula is C14H16O2. The van der Waals surface area contributed by atoms with Crippen molar-refractivity contribution >= 4 is 10.8 Å². The van der Waals surface area contributed by atoms with Gasteiger partial charge in [-0.2, -0.15) is 0 Å². The molecule has 0 aliphatic heterocycles. The average molecular weight is 216 g/mol. The third kappa shape index (κ3) is 2.02. The first-order valence-electron chi connectivity index (χ1n) is 5.45. The van der Waals surface area contributed by atoms with Crippen molar-refractivity contribution in [3.8, 4) is 5.75 Å². The average Bonchev–Trinajstić information content (AvgIpc) is 2.29. The van der Waals surface area contributed by atoms with E-state index in [4.69, 9.17) is 4.74 Å². The van der Waals surface area contributed by atoms with Gasteiger partial charge >= 0.3 is 0 Å². The van der Waals surface area contributed by atoms with E-state index in [-0.39, 0.29) is 6.10 Å². The Morgan fingerprint density at radius 3 is 2.44 bits per heavy atom. The van der Waals surface area contributed by atoms with Gasteiger partial charge in [-0.15, -0.1) is 0 Å². The van der Waals surface area contributed by atoms with E-state index in [0.717, 1.165) is 22.1 Å². The van der Waals surface area contributed by atoms with Crippen molar-refractivity contribution in [2.24, 2.45) is 0 Å². The highest BCUT2D eigenvalue weighted by Gasteiger charge is 2.07. The second-order valence-electron chi connectivity index (χ2n) is 4.03. The maximum absolute atomic E-state index is 9.46. The molecule has 2 aromatic carbocycles. The van der Waals surface area contributed by atoms with Crippen LogP contribution in [0.1, 0.15) is 12.5 Å². The van der Waals surface area contributed by atoms with E-state index in [9.17, 15) is 5.11 Å². The van der Waals surface area contributed by atoms with Crippen LogP contribution >= 0.6 is 0 Å². The summed E-state index contributed by atoms with van der Waals surface area (Å²) in [6.07, 6.45) is 0.349. The highest BCUT2D eigenvalue weighted by atomic mass is 16.5. The SMILES string of the molecule is COc1ccc(C[C@H](C)O)c2ccccc12. The normalized spacial score (nSPS) is 12.7. The van der Waals surface area contributed by atoms with Gasteiger partial charge in [0.05, 0.1) is 13.2 Å². The Kier molecular flexibility index (Phi) is 3.11. The molecule has 0 heterocycles. The molecule has 0 saturated heterocycles. The summed E-state index contributed by atoms with van der Waals surface area (Å²) in [7, 11) is 1.68. The second kappa shape index (κ2) is 4.54. The summed E-state index contributed by atoms with van der Waals surface area (Å²) in [5.41, 5.74) is 1.16. The number of hydrogen-bond acceptors (Lipinski definition) is 2. The predicted molar refractivity (Wildman–Crippen MR) is 65.9 cm³/mol. The minimum atomic E-state index is -0.322. The van der Waals surface area contributed by atoms with Crippen LogP contribution in [0.4, 0.5) is 0 Å². The molecule has 1 N–H and O–H groups in total. The largest absolute Gasteiger partial charge is 0.496 e. The predicted octanol–water partition coefficient (Wildman–Crippen LogP) is 2.77. The van der Waals surface area contributed by atoms with Gasteiger partial charge < -0.3 is 9.84 Å². The molecular weight excluding hydrogens is 200 g/mol. The van der Waals surface area contributed by atoms with Crippen molar-refractivity contribution in [3.05, 3.63) is 42.0 Å². The fourth-order valence-corrected chi connectivity index (χ4v) is 2.01. The van der Waals surface area contributed by atoms with Crippen molar-refractivity contribution < 1.29 is 9.84 Å². The monoisotopic (exact) mass is 216 g/mol. The highest BCUT2D eigenvalue weighted by Crippen LogP contribution is 2.28. The van der Waals surface area contributed by atoms with Crippen LogP contribution in [0.25, 0.3) is 10.8 Å². The van der Waals surface area contributed by atoms with E-state index in [1.165, 1.54) is 0 Å². The molecule has 0 aliphatic rings. The Labute approximate surface area is 95.5 Å². The van der Waals surface area contributed by atoms with Crippen LogP contribution in [-0.2, 0) is 6.42 Å². The minimum Gasteiger partial charge on any atom is -0.496 e. The van der Waals surface area contributed by atoms with Gasteiger partial charge in [0.15, 0.2) is 0 Å². The first kappa shape index (κ1) is 11.0. The first-order valence-corrected chi connectivity index (χ1v) is 5.45.